The van der Waals surface area contributed by atoms with Crippen molar-refractivity contribution in [2.75, 3.05) is 22.7 Å². The first-order chi connectivity index (χ1) is 11.1. The molecule has 1 aromatic heterocycles. The topological polar surface area (TPSA) is 75.2 Å². The van der Waals surface area contributed by atoms with Gasteiger partial charge in [-0.25, -0.2) is 18.4 Å². The largest absolute Gasteiger partial charge is 0.341 e. The molecule has 6 nitrogen and oxygen atoms in total. The van der Waals surface area contributed by atoms with Crippen molar-refractivity contribution in [2.24, 2.45) is 0 Å². The van der Waals surface area contributed by atoms with Gasteiger partial charge in [-0.2, -0.15) is 0 Å². The van der Waals surface area contributed by atoms with Gasteiger partial charge in [0, 0.05) is 13.1 Å². The number of rotatable bonds is 4. The van der Waals surface area contributed by atoms with E-state index >= 15 is 0 Å². The van der Waals surface area contributed by atoms with E-state index in [-0.39, 0.29) is 9.92 Å². The second kappa shape index (κ2) is 6.72. The lowest BCUT2D eigenvalue weighted by Gasteiger charge is -2.26. The molecule has 23 heavy (non-hydrogen) atoms. The summed E-state index contributed by atoms with van der Waals surface area (Å²) in [7, 11) is -3.76. The van der Waals surface area contributed by atoms with Crippen LogP contribution in [-0.4, -0.2) is 31.5 Å². The molecule has 1 fully saturated rings. The molecule has 0 spiro atoms. The molecule has 2 aromatic rings. The van der Waals surface area contributed by atoms with Crippen LogP contribution in [-0.2, 0) is 10.0 Å². The van der Waals surface area contributed by atoms with Crippen LogP contribution in [0.25, 0.3) is 0 Å². The Morgan fingerprint density at radius 1 is 1.04 bits per heavy atom. The van der Waals surface area contributed by atoms with Gasteiger partial charge >= 0.3 is 0 Å². The number of aromatic nitrogens is 2. The van der Waals surface area contributed by atoms with E-state index in [9.17, 15) is 8.42 Å². The first kappa shape index (κ1) is 16.0. The van der Waals surface area contributed by atoms with Crippen LogP contribution in [0.5, 0.6) is 0 Å². The van der Waals surface area contributed by atoms with Crippen LogP contribution in [0.15, 0.2) is 41.6 Å². The molecule has 0 unspecified atom stereocenters. The Balaban J connectivity index is 1.76. The second-order valence-electron chi connectivity index (χ2n) is 5.36. The zero-order chi connectivity index (χ0) is 16.3. The van der Waals surface area contributed by atoms with Gasteiger partial charge in [-0.05, 0) is 31.4 Å². The van der Waals surface area contributed by atoms with E-state index in [1.807, 2.05) is 0 Å². The summed E-state index contributed by atoms with van der Waals surface area (Å²) in [5, 5.41) is 0.172. The minimum absolute atomic E-state index is 0.0294. The van der Waals surface area contributed by atoms with E-state index in [0.717, 1.165) is 25.9 Å². The van der Waals surface area contributed by atoms with Crippen LogP contribution in [0, 0.1) is 0 Å². The number of nitrogens with zero attached hydrogens (tertiary/aromatic N) is 3. The Labute approximate surface area is 140 Å². The average Bonchev–Trinajstić information content (AvgIpc) is 2.56. The molecule has 0 radical (unpaired) electrons. The molecule has 1 aliphatic rings. The maximum absolute atomic E-state index is 12.3. The molecule has 8 heteroatoms. The molecular formula is C15H17ClN4O2S. The highest BCUT2D eigenvalue weighted by molar-refractivity contribution is 7.92. The summed E-state index contributed by atoms with van der Waals surface area (Å²) in [4.78, 5) is 10.7. The number of hydrogen-bond donors (Lipinski definition) is 1. The van der Waals surface area contributed by atoms with Crippen molar-refractivity contribution >= 4 is 33.3 Å². The number of anilines is 2. The smallest absolute Gasteiger partial charge is 0.263 e. The fraction of sp³-hybridized carbons (Fsp3) is 0.333. The molecule has 3 rings (SSSR count). The summed E-state index contributed by atoms with van der Waals surface area (Å²) in [5.41, 5.74) is 0.311. The van der Waals surface area contributed by atoms with Gasteiger partial charge in [0.2, 0.25) is 5.95 Å². The van der Waals surface area contributed by atoms with Gasteiger partial charge in [-0.15, -0.1) is 0 Å². The highest BCUT2D eigenvalue weighted by atomic mass is 35.5. The van der Waals surface area contributed by atoms with E-state index in [1.165, 1.54) is 30.9 Å². The van der Waals surface area contributed by atoms with Crippen LogP contribution < -0.4 is 9.62 Å². The third-order valence-electron chi connectivity index (χ3n) is 3.66. The summed E-state index contributed by atoms with van der Waals surface area (Å²) < 4.78 is 27.1. The Morgan fingerprint density at radius 2 is 1.70 bits per heavy atom. The lowest BCUT2D eigenvalue weighted by molar-refractivity contribution is 0.568. The Morgan fingerprint density at radius 3 is 2.35 bits per heavy atom. The predicted octanol–water partition coefficient (Wildman–Crippen LogP) is 2.92. The normalized spacial score (nSPS) is 15.4. The summed E-state index contributed by atoms with van der Waals surface area (Å²) in [6.45, 7) is 1.87. The van der Waals surface area contributed by atoms with Gasteiger partial charge in [-0.3, -0.25) is 4.72 Å². The number of nitrogens with one attached hydrogen (secondary N) is 1. The van der Waals surface area contributed by atoms with E-state index in [0.29, 0.717) is 11.6 Å². The molecule has 2 heterocycles. The van der Waals surface area contributed by atoms with Gasteiger partial charge in [0.15, 0.2) is 0 Å². The van der Waals surface area contributed by atoms with Gasteiger partial charge in [0.25, 0.3) is 10.0 Å². The molecule has 1 aromatic carbocycles. The maximum atomic E-state index is 12.3. The molecular weight excluding hydrogens is 336 g/mol. The van der Waals surface area contributed by atoms with Crippen LogP contribution in [0.4, 0.5) is 11.6 Å². The Hall–Kier alpha value is -1.86. The minimum atomic E-state index is -3.76. The Bertz CT molecular complexity index is 774. The lowest BCUT2D eigenvalue weighted by Crippen LogP contribution is -2.30. The van der Waals surface area contributed by atoms with Crippen molar-refractivity contribution in [1.29, 1.82) is 0 Å². The van der Waals surface area contributed by atoms with Crippen LogP contribution in [0.3, 0.4) is 0 Å². The monoisotopic (exact) mass is 352 g/mol. The third kappa shape index (κ3) is 3.73. The molecule has 0 amide bonds. The van der Waals surface area contributed by atoms with E-state index in [4.69, 9.17) is 11.6 Å². The number of sulfonamides is 1. The molecule has 122 valence electrons. The number of halogens is 1. The zero-order valence-electron chi connectivity index (χ0n) is 12.4. The van der Waals surface area contributed by atoms with Gasteiger partial charge < -0.3 is 4.90 Å². The average molecular weight is 353 g/mol. The van der Waals surface area contributed by atoms with E-state index in [1.54, 1.807) is 12.1 Å². The second-order valence-corrected chi connectivity index (χ2v) is 7.41. The van der Waals surface area contributed by atoms with Crippen LogP contribution in [0.1, 0.15) is 19.3 Å². The molecule has 0 atom stereocenters. The first-order valence-corrected chi connectivity index (χ1v) is 9.27. The summed E-state index contributed by atoms with van der Waals surface area (Å²) in [6, 6.07) is 6.29. The zero-order valence-corrected chi connectivity index (χ0v) is 14.0. The first-order valence-electron chi connectivity index (χ1n) is 7.40. The lowest BCUT2D eigenvalue weighted by atomic mass is 10.1. The van der Waals surface area contributed by atoms with Crippen molar-refractivity contribution in [3.8, 4) is 0 Å². The number of hydrogen-bond acceptors (Lipinski definition) is 5. The SMILES string of the molecule is O=S(=O)(Nc1cnc(N2CCCCC2)nc1)c1ccccc1Cl. The highest BCUT2D eigenvalue weighted by Gasteiger charge is 2.18. The molecule has 0 bridgehead atoms. The van der Waals surface area contributed by atoms with Crippen molar-refractivity contribution in [3.05, 3.63) is 41.7 Å². The quantitative estimate of drug-likeness (QED) is 0.915. The molecule has 0 saturated carbocycles. The maximum Gasteiger partial charge on any atom is 0.263 e. The standard InChI is InChI=1S/C15H17ClN4O2S/c16-13-6-2-3-7-14(13)23(21,22)19-12-10-17-15(18-11-12)20-8-4-1-5-9-20/h2-3,6-7,10-11,19H,1,4-5,8-9H2. The van der Waals surface area contributed by atoms with E-state index in [2.05, 4.69) is 19.6 Å². The van der Waals surface area contributed by atoms with Crippen molar-refractivity contribution in [3.63, 3.8) is 0 Å². The van der Waals surface area contributed by atoms with Gasteiger partial charge in [0.05, 0.1) is 23.1 Å². The summed E-state index contributed by atoms with van der Waals surface area (Å²) >= 11 is 5.94. The Kier molecular flexibility index (Phi) is 4.68. The minimum Gasteiger partial charge on any atom is -0.341 e. The predicted molar refractivity (Wildman–Crippen MR) is 90.4 cm³/mol. The van der Waals surface area contributed by atoms with Crippen molar-refractivity contribution < 1.29 is 8.42 Å². The fourth-order valence-corrected chi connectivity index (χ4v) is 4.05. The van der Waals surface area contributed by atoms with Crippen molar-refractivity contribution in [1.82, 2.24) is 9.97 Å². The fourth-order valence-electron chi connectivity index (χ4n) is 2.50. The van der Waals surface area contributed by atoms with Crippen LogP contribution in [0.2, 0.25) is 5.02 Å². The van der Waals surface area contributed by atoms with E-state index < -0.39 is 10.0 Å². The third-order valence-corrected chi connectivity index (χ3v) is 5.54. The summed E-state index contributed by atoms with van der Waals surface area (Å²) in [5.74, 6) is 0.630. The highest BCUT2D eigenvalue weighted by Crippen LogP contribution is 2.23. The van der Waals surface area contributed by atoms with Gasteiger partial charge in [-0.1, -0.05) is 23.7 Å². The number of piperidine rings is 1. The number of benzene rings is 1. The van der Waals surface area contributed by atoms with Crippen LogP contribution >= 0.6 is 11.6 Å². The van der Waals surface area contributed by atoms with Crippen molar-refractivity contribution in [2.45, 2.75) is 24.2 Å². The molecule has 0 aliphatic carbocycles. The van der Waals surface area contributed by atoms with Gasteiger partial charge in [0.1, 0.15) is 4.90 Å². The molecule has 1 aliphatic heterocycles. The molecule has 1 N–H and O–H groups in total. The summed E-state index contributed by atoms with van der Waals surface area (Å²) in [6.07, 6.45) is 6.44. The molecule has 1 saturated heterocycles.